The Balaban J connectivity index is 1.64. The summed E-state index contributed by atoms with van der Waals surface area (Å²) in [6.07, 6.45) is 0.415. The van der Waals surface area contributed by atoms with Crippen LogP contribution in [0.5, 0.6) is 0 Å². The van der Waals surface area contributed by atoms with E-state index < -0.39 is 25.7 Å². The van der Waals surface area contributed by atoms with Crippen molar-refractivity contribution in [1.82, 2.24) is 9.62 Å². The molecule has 0 radical (unpaired) electrons. The van der Waals surface area contributed by atoms with E-state index in [0.29, 0.717) is 17.5 Å². The molecule has 30 heavy (non-hydrogen) atoms. The van der Waals surface area contributed by atoms with Crippen molar-refractivity contribution in [2.75, 3.05) is 18.6 Å². The summed E-state index contributed by atoms with van der Waals surface area (Å²) in [6, 6.07) is 9.09. The number of rotatable bonds is 6. The summed E-state index contributed by atoms with van der Waals surface area (Å²) in [7, 11) is -5.42. The van der Waals surface area contributed by atoms with E-state index in [1.54, 1.807) is 31.3 Å². The molecule has 1 atom stereocenters. The number of nitrogens with zero attached hydrogens (tertiary/aromatic N) is 1. The zero-order valence-corrected chi connectivity index (χ0v) is 18.4. The lowest BCUT2D eigenvalue weighted by Crippen LogP contribution is -2.37. The van der Waals surface area contributed by atoms with E-state index in [0.717, 1.165) is 18.2 Å². The fourth-order valence-corrected chi connectivity index (χ4v) is 6.18. The van der Waals surface area contributed by atoms with Crippen LogP contribution >= 0.6 is 11.6 Å². The Bertz CT molecular complexity index is 1170. The van der Waals surface area contributed by atoms with Crippen LogP contribution in [0.4, 0.5) is 4.39 Å². The molecule has 1 fully saturated rings. The number of sulfonamides is 1. The second-order valence-corrected chi connectivity index (χ2v) is 11.5. The highest BCUT2D eigenvalue weighted by molar-refractivity contribution is 7.91. The fraction of sp³-hybridized carbons (Fsp3) is 0.316. The maximum absolute atomic E-state index is 13.2. The first-order valence-electron chi connectivity index (χ1n) is 9.00. The summed E-state index contributed by atoms with van der Waals surface area (Å²) < 4.78 is 63.5. The Hall–Kier alpha value is -2.01. The van der Waals surface area contributed by atoms with Crippen molar-refractivity contribution in [1.29, 1.82) is 0 Å². The van der Waals surface area contributed by atoms with Gasteiger partial charge in [0.1, 0.15) is 5.82 Å². The first-order chi connectivity index (χ1) is 14.0. The monoisotopic (exact) mass is 474 g/mol. The predicted molar refractivity (Wildman–Crippen MR) is 111 cm³/mol. The molecule has 2 aromatic rings. The van der Waals surface area contributed by atoms with Crippen LogP contribution in [0, 0.1) is 5.82 Å². The molecule has 11 heteroatoms. The number of amides is 1. The van der Waals surface area contributed by atoms with Gasteiger partial charge in [-0.05, 0) is 42.3 Å². The third kappa shape index (κ3) is 5.18. The smallest absolute Gasteiger partial charge is 0.253 e. The number of halogens is 2. The fourth-order valence-electron chi connectivity index (χ4n) is 3.12. The Kier molecular flexibility index (Phi) is 6.51. The first-order valence-corrected chi connectivity index (χ1v) is 12.7. The molecule has 162 valence electrons. The Morgan fingerprint density at radius 2 is 1.90 bits per heavy atom. The van der Waals surface area contributed by atoms with Crippen molar-refractivity contribution in [3.05, 3.63) is 64.4 Å². The molecule has 1 saturated heterocycles. The molecule has 1 amide bonds. The zero-order chi connectivity index (χ0) is 22.1. The molecule has 0 aliphatic carbocycles. The minimum absolute atomic E-state index is 0.0392. The standard InChI is InChI=1S/C19H20ClFN2O5S2/c1-23(15-8-9-29(25,26)12-15)19(24)14-4-2-13(3-5-14)11-22-30(27,28)16-6-7-18(21)17(20)10-16/h2-7,10,15,22H,8-9,11-12H2,1H3/t15-/m1/s1. The normalized spacial score (nSPS) is 18.3. The van der Waals surface area contributed by atoms with Crippen LogP contribution < -0.4 is 4.72 Å². The van der Waals surface area contributed by atoms with Gasteiger partial charge < -0.3 is 4.90 Å². The molecule has 0 aromatic heterocycles. The topological polar surface area (TPSA) is 101 Å². The van der Waals surface area contributed by atoms with Gasteiger partial charge >= 0.3 is 0 Å². The van der Waals surface area contributed by atoms with Gasteiger partial charge in [-0.1, -0.05) is 23.7 Å². The summed E-state index contributed by atoms with van der Waals surface area (Å²) in [4.78, 5) is 13.9. The number of carbonyl (C=O) groups is 1. The number of hydrogen-bond donors (Lipinski definition) is 1. The Morgan fingerprint density at radius 1 is 1.23 bits per heavy atom. The Labute approximate surface area is 179 Å². The van der Waals surface area contributed by atoms with E-state index in [1.165, 1.54) is 4.90 Å². The van der Waals surface area contributed by atoms with E-state index in [-0.39, 0.29) is 39.9 Å². The molecule has 2 aromatic carbocycles. The minimum atomic E-state index is -3.89. The highest BCUT2D eigenvalue weighted by Gasteiger charge is 2.33. The van der Waals surface area contributed by atoms with Crippen LogP contribution in [0.2, 0.25) is 5.02 Å². The average Bonchev–Trinajstić information content (AvgIpc) is 3.07. The van der Waals surface area contributed by atoms with Crippen molar-refractivity contribution in [2.24, 2.45) is 0 Å². The molecule has 1 N–H and O–H groups in total. The summed E-state index contributed by atoms with van der Waals surface area (Å²) in [6.45, 7) is -0.0392. The van der Waals surface area contributed by atoms with E-state index in [1.807, 2.05) is 0 Å². The van der Waals surface area contributed by atoms with Gasteiger partial charge in [0.05, 0.1) is 21.4 Å². The molecule has 7 nitrogen and oxygen atoms in total. The first kappa shape index (κ1) is 22.7. The van der Waals surface area contributed by atoms with Crippen molar-refractivity contribution in [3.63, 3.8) is 0 Å². The van der Waals surface area contributed by atoms with Crippen LogP contribution in [-0.2, 0) is 26.4 Å². The number of sulfone groups is 1. The molecule has 1 aliphatic rings. The molecule has 0 unspecified atom stereocenters. The van der Waals surface area contributed by atoms with Crippen molar-refractivity contribution in [3.8, 4) is 0 Å². The van der Waals surface area contributed by atoms with Gasteiger partial charge in [-0.3, -0.25) is 4.79 Å². The summed E-state index contributed by atoms with van der Waals surface area (Å²) in [5.41, 5.74) is 0.980. The molecule has 3 rings (SSSR count). The summed E-state index contributed by atoms with van der Waals surface area (Å²) in [5, 5.41) is -0.292. The lowest BCUT2D eigenvalue weighted by atomic mass is 10.1. The summed E-state index contributed by atoms with van der Waals surface area (Å²) in [5.74, 6) is -0.975. The van der Waals surface area contributed by atoms with Gasteiger partial charge in [0.2, 0.25) is 10.0 Å². The van der Waals surface area contributed by atoms with Crippen LogP contribution in [-0.4, -0.2) is 52.2 Å². The maximum Gasteiger partial charge on any atom is 0.253 e. The average molecular weight is 475 g/mol. The van der Waals surface area contributed by atoms with E-state index in [4.69, 9.17) is 11.6 Å². The summed E-state index contributed by atoms with van der Waals surface area (Å²) >= 11 is 5.64. The minimum Gasteiger partial charge on any atom is -0.338 e. The molecular formula is C19H20ClFN2O5S2. The van der Waals surface area contributed by atoms with Crippen LogP contribution in [0.15, 0.2) is 47.4 Å². The van der Waals surface area contributed by atoms with Gasteiger partial charge in [0.15, 0.2) is 9.84 Å². The third-order valence-corrected chi connectivity index (χ3v) is 8.38. The number of benzene rings is 2. The molecule has 0 bridgehead atoms. The quantitative estimate of drug-likeness (QED) is 0.691. The van der Waals surface area contributed by atoms with Crippen molar-refractivity contribution < 1.29 is 26.0 Å². The second kappa shape index (κ2) is 8.62. The van der Waals surface area contributed by atoms with Crippen molar-refractivity contribution >= 4 is 37.4 Å². The van der Waals surface area contributed by atoms with Gasteiger partial charge in [-0.2, -0.15) is 0 Å². The van der Waals surface area contributed by atoms with Crippen LogP contribution in [0.25, 0.3) is 0 Å². The SMILES string of the molecule is CN(C(=O)c1ccc(CNS(=O)(=O)c2ccc(F)c(Cl)c2)cc1)[C@@H]1CCS(=O)(=O)C1. The van der Waals surface area contributed by atoms with Gasteiger partial charge in [-0.15, -0.1) is 0 Å². The molecule has 1 aliphatic heterocycles. The number of nitrogens with one attached hydrogen (secondary N) is 1. The Morgan fingerprint density at radius 3 is 2.47 bits per heavy atom. The van der Waals surface area contributed by atoms with Gasteiger partial charge in [0, 0.05) is 25.2 Å². The maximum atomic E-state index is 13.2. The van der Waals surface area contributed by atoms with E-state index in [9.17, 15) is 26.0 Å². The second-order valence-electron chi connectivity index (χ2n) is 7.07. The molecule has 1 heterocycles. The number of carbonyl (C=O) groups excluding carboxylic acids is 1. The highest BCUT2D eigenvalue weighted by atomic mass is 35.5. The molecule has 0 saturated carbocycles. The van der Waals surface area contributed by atoms with Crippen molar-refractivity contribution in [2.45, 2.75) is 23.9 Å². The van der Waals surface area contributed by atoms with E-state index >= 15 is 0 Å². The highest BCUT2D eigenvalue weighted by Crippen LogP contribution is 2.20. The lowest BCUT2D eigenvalue weighted by molar-refractivity contribution is 0.0747. The van der Waals surface area contributed by atoms with E-state index in [2.05, 4.69) is 4.72 Å². The van der Waals surface area contributed by atoms with Crippen LogP contribution in [0.1, 0.15) is 22.3 Å². The van der Waals surface area contributed by atoms with Gasteiger partial charge in [-0.25, -0.2) is 25.9 Å². The third-order valence-electron chi connectivity index (χ3n) is 4.95. The van der Waals surface area contributed by atoms with Gasteiger partial charge in [0.25, 0.3) is 5.91 Å². The molecular weight excluding hydrogens is 455 g/mol. The predicted octanol–water partition coefficient (Wildman–Crippen LogP) is 2.22. The zero-order valence-electron chi connectivity index (χ0n) is 16.0. The largest absolute Gasteiger partial charge is 0.338 e. The van der Waals surface area contributed by atoms with Crippen LogP contribution in [0.3, 0.4) is 0 Å². The number of hydrogen-bond acceptors (Lipinski definition) is 5. The molecule has 0 spiro atoms. The lowest BCUT2D eigenvalue weighted by Gasteiger charge is -2.23.